The quantitative estimate of drug-likeness (QED) is 0.486. The predicted octanol–water partition coefficient (Wildman–Crippen LogP) is 4.52. The molecule has 1 aliphatic rings. The van der Waals surface area contributed by atoms with Gasteiger partial charge in [0.15, 0.2) is 0 Å². The van der Waals surface area contributed by atoms with Gasteiger partial charge in [-0.1, -0.05) is 41.9 Å². The van der Waals surface area contributed by atoms with Gasteiger partial charge in [0.1, 0.15) is 0 Å². The van der Waals surface area contributed by atoms with Gasteiger partial charge in [-0.3, -0.25) is 14.2 Å². The molecule has 158 valence electrons. The van der Waals surface area contributed by atoms with Gasteiger partial charge < -0.3 is 5.32 Å². The molecule has 31 heavy (non-hydrogen) atoms. The maximum Gasteiger partial charge on any atom is 0.222 e. The van der Waals surface area contributed by atoms with Gasteiger partial charge in [-0.25, -0.2) is 0 Å². The normalized spacial score (nSPS) is 15.7. The van der Waals surface area contributed by atoms with Crippen molar-refractivity contribution >= 4 is 28.4 Å². The molecule has 1 amide bonds. The van der Waals surface area contributed by atoms with E-state index in [4.69, 9.17) is 11.6 Å². The topological polar surface area (TPSA) is 64.7 Å². The van der Waals surface area contributed by atoms with Crippen LogP contribution in [0.4, 0.5) is 0 Å². The lowest BCUT2D eigenvalue weighted by Crippen LogP contribution is -2.31. The van der Waals surface area contributed by atoms with Crippen molar-refractivity contribution < 1.29 is 4.79 Å². The van der Waals surface area contributed by atoms with Crippen LogP contribution >= 0.6 is 11.6 Å². The summed E-state index contributed by atoms with van der Waals surface area (Å²) in [6.07, 6.45) is 7.11. The number of hydrogen-bond donors (Lipinski definition) is 1. The number of carbonyl (C=O) groups is 1. The second-order valence-electron chi connectivity index (χ2n) is 8.02. The molecule has 0 saturated heterocycles. The van der Waals surface area contributed by atoms with E-state index in [-0.39, 0.29) is 11.9 Å². The lowest BCUT2D eigenvalue weighted by molar-refractivity contribution is -0.122. The number of rotatable bonds is 6. The summed E-state index contributed by atoms with van der Waals surface area (Å²) in [7, 11) is 0. The van der Waals surface area contributed by atoms with E-state index in [1.54, 1.807) is 0 Å². The average Bonchev–Trinajstić information content (AvgIpc) is 3.39. The summed E-state index contributed by atoms with van der Waals surface area (Å²) in [5.41, 5.74) is 4.56. The van der Waals surface area contributed by atoms with Crippen molar-refractivity contribution in [3.05, 3.63) is 82.8 Å². The second kappa shape index (κ2) is 8.55. The van der Waals surface area contributed by atoms with Gasteiger partial charge in [-0.2, -0.15) is 10.2 Å². The van der Waals surface area contributed by atoms with E-state index in [1.807, 2.05) is 70.3 Å². The molecular weight excluding hydrogens is 410 g/mol. The number of nitrogens with one attached hydrogen (secondary N) is 1. The van der Waals surface area contributed by atoms with E-state index in [9.17, 15) is 4.79 Å². The molecule has 0 bridgehead atoms. The van der Waals surface area contributed by atoms with Gasteiger partial charge in [0.25, 0.3) is 0 Å². The number of nitrogens with zero attached hydrogens (tertiary/aromatic N) is 4. The SMILES string of the molecule is O=C(CCn1ncc2ccccc21)NC1CCCc2c1cnn2Cc1ccc(Cl)cc1. The highest BCUT2D eigenvalue weighted by atomic mass is 35.5. The van der Waals surface area contributed by atoms with Crippen molar-refractivity contribution in [2.75, 3.05) is 0 Å². The number of benzene rings is 2. The van der Waals surface area contributed by atoms with Gasteiger partial charge in [-0.05, 0) is 43.0 Å². The summed E-state index contributed by atoms with van der Waals surface area (Å²) >= 11 is 6.00. The van der Waals surface area contributed by atoms with Crippen LogP contribution in [-0.4, -0.2) is 25.5 Å². The summed E-state index contributed by atoms with van der Waals surface area (Å²) in [6.45, 7) is 1.27. The van der Waals surface area contributed by atoms with Gasteiger partial charge in [0.05, 0.1) is 37.0 Å². The molecule has 2 heterocycles. The number of aromatic nitrogens is 4. The van der Waals surface area contributed by atoms with Crippen LogP contribution in [0.15, 0.2) is 60.9 Å². The van der Waals surface area contributed by atoms with Gasteiger partial charge in [-0.15, -0.1) is 0 Å². The molecule has 0 spiro atoms. The molecule has 1 unspecified atom stereocenters. The van der Waals surface area contributed by atoms with Crippen LogP contribution in [0.5, 0.6) is 0 Å². The van der Waals surface area contributed by atoms with E-state index < -0.39 is 0 Å². The van der Waals surface area contributed by atoms with Crippen molar-refractivity contribution in [1.29, 1.82) is 0 Å². The molecule has 0 aliphatic heterocycles. The zero-order chi connectivity index (χ0) is 21.2. The molecule has 2 aromatic heterocycles. The molecule has 1 atom stereocenters. The first-order chi connectivity index (χ1) is 15.2. The Hall–Kier alpha value is -3.12. The number of para-hydroxylation sites is 1. The van der Waals surface area contributed by atoms with Crippen molar-refractivity contribution in [3.8, 4) is 0 Å². The molecule has 1 aliphatic carbocycles. The molecule has 0 radical (unpaired) electrons. The lowest BCUT2D eigenvalue weighted by Gasteiger charge is -2.24. The minimum Gasteiger partial charge on any atom is -0.349 e. The number of hydrogen-bond acceptors (Lipinski definition) is 3. The molecule has 0 saturated carbocycles. The Bertz CT molecular complexity index is 1210. The summed E-state index contributed by atoms with van der Waals surface area (Å²) in [5.74, 6) is 0.0443. The molecule has 4 aromatic rings. The summed E-state index contributed by atoms with van der Waals surface area (Å²) in [6, 6.07) is 15.9. The Balaban J connectivity index is 1.24. The molecule has 1 N–H and O–H groups in total. The van der Waals surface area contributed by atoms with Gasteiger partial charge in [0, 0.05) is 28.1 Å². The smallest absolute Gasteiger partial charge is 0.222 e. The van der Waals surface area contributed by atoms with Crippen LogP contribution in [0.3, 0.4) is 0 Å². The summed E-state index contributed by atoms with van der Waals surface area (Å²) in [4.78, 5) is 12.7. The largest absolute Gasteiger partial charge is 0.349 e. The molecule has 7 heteroatoms. The monoisotopic (exact) mass is 433 g/mol. The van der Waals surface area contributed by atoms with E-state index in [2.05, 4.69) is 15.5 Å². The number of aryl methyl sites for hydroxylation is 1. The second-order valence-corrected chi connectivity index (χ2v) is 8.46. The molecule has 0 fully saturated rings. The zero-order valence-electron chi connectivity index (χ0n) is 17.2. The highest BCUT2D eigenvalue weighted by molar-refractivity contribution is 6.30. The Labute approximate surface area is 185 Å². The zero-order valence-corrected chi connectivity index (χ0v) is 17.9. The minimum absolute atomic E-state index is 0.0181. The molecule has 5 rings (SSSR count). The fourth-order valence-electron chi connectivity index (χ4n) is 4.35. The fourth-order valence-corrected chi connectivity index (χ4v) is 4.47. The van der Waals surface area contributed by atoms with E-state index in [0.717, 1.165) is 46.3 Å². The highest BCUT2D eigenvalue weighted by Crippen LogP contribution is 2.30. The first-order valence-corrected chi connectivity index (χ1v) is 11.0. The molecule has 2 aromatic carbocycles. The van der Waals surface area contributed by atoms with Crippen LogP contribution in [0.1, 0.15) is 42.1 Å². The Morgan fingerprint density at radius 1 is 1.06 bits per heavy atom. The highest BCUT2D eigenvalue weighted by Gasteiger charge is 2.25. The lowest BCUT2D eigenvalue weighted by atomic mass is 9.92. The van der Waals surface area contributed by atoms with Gasteiger partial charge >= 0.3 is 0 Å². The third kappa shape index (κ3) is 4.21. The molecule has 6 nitrogen and oxygen atoms in total. The minimum atomic E-state index is 0.0181. The third-order valence-electron chi connectivity index (χ3n) is 5.95. The standard InChI is InChI=1S/C24H24ClN5O/c25-19-10-8-17(9-11-19)16-30-23-7-3-5-21(20(23)15-27-30)28-24(31)12-13-29-22-6-2-1-4-18(22)14-26-29/h1-2,4,6,8-11,14-15,21H,3,5,7,12-13,16H2,(H,28,31). The first-order valence-electron chi connectivity index (χ1n) is 10.7. The van der Waals surface area contributed by atoms with E-state index in [1.165, 1.54) is 5.69 Å². The van der Waals surface area contributed by atoms with Crippen LogP contribution in [0, 0.1) is 0 Å². The first kappa shape index (κ1) is 19.8. The maximum absolute atomic E-state index is 12.7. The van der Waals surface area contributed by atoms with Crippen molar-refractivity contribution in [2.45, 2.75) is 44.8 Å². The summed E-state index contributed by atoms with van der Waals surface area (Å²) in [5, 5.41) is 14.1. The van der Waals surface area contributed by atoms with E-state index in [0.29, 0.717) is 19.5 Å². The fraction of sp³-hybridized carbons (Fsp3) is 0.292. The number of amides is 1. The van der Waals surface area contributed by atoms with Crippen LogP contribution < -0.4 is 5.32 Å². The van der Waals surface area contributed by atoms with Gasteiger partial charge in [0.2, 0.25) is 5.91 Å². The number of fused-ring (bicyclic) bond motifs is 2. The molecular formula is C24H24ClN5O. The van der Waals surface area contributed by atoms with Crippen LogP contribution in [-0.2, 0) is 24.3 Å². The van der Waals surface area contributed by atoms with Crippen LogP contribution in [0.25, 0.3) is 10.9 Å². The Kier molecular flexibility index (Phi) is 5.47. The van der Waals surface area contributed by atoms with E-state index >= 15 is 0 Å². The van der Waals surface area contributed by atoms with Crippen molar-refractivity contribution in [3.63, 3.8) is 0 Å². The van der Waals surface area contributed by atoms with Crippen LogP contribution in [0.2, 0.25) is 5.02 Å². The predicted molar refractivity (Wildman–Crippen MR) is 121 cm³/mol. The summed E-state index contributed by atoms with van der Waals surface area (Å²) < 4.78 is 3.94. The number of halogens is 1. The number of carbonyl (C=O) groups excluding carboxylic acids is 1. The Morgan fingerprint density at radius 3 is 2.74 bits per heavy atom. The van der Waals surface area contributed by atoms with Crippen molar-refractivity contribution in [1.82, 2.24) is 24.9 Å². The van der Waals surface area contributed by atoms with Crippen molar-refractivity contribution in [2.24, 2.45) is 0 Å². The third-order valence-corrected chi connectivity index (χ3v) is 6.20. The average molecular weight is 434 g/mol. The maximum atomic E-state index is 12.7. The Morgan fingerprint density at radius 2 is 1.87 bits per heavy atom.